The van der Waals surface area contributed by atoms with Crippen LogP contribution in [-0.2, 0) is 14.4 Å². The molecule has 0 saturated carbocycles. The van der Waals surface area contributed by atoms with Crippen LogP contribution in [0.1, 0.15) is 25.3 Å². The van der Waals surface area contributed by atoms with Gasteiger partial charge in [0, 0.05) is 18.0 Å². The lowest BCUT2D eigenvalue weighted by Crippen LogP contribution is -2.37. The molecule has 0 fully saturated rings. The average molecular weight is 318 g/mol. The van der Waals surface area contributed by atoms with Crippen molar-refractivity contribution in [3.05, 3.63) is 29.8 Å². The molecule has 1 aliphatic heterocycles. The third kappa shape index (κ3) is 4.36. The van der Waals surface area contributed by atoms with Crippen molar-refractivity contribution in [1.29, 1.82) is 0 Å². The van der Waals surface area contributed by atoms with Crippen LogP contribution in [0.25, 0.3) is 0 Å². The number of hydrogen-bond acceptors (Lipinski definition) is 5. The van der Waals surface area contributed by atoms with Gasteiger partial charge in [-0.05, 0) is 17.7 Å². The Balaban J connectivity index is 2.04. The van der Waals surface area contributed by atoms with E-state index < -0.39 is 24.3 Å². The van der Waals surface area contributed by atoms with Gasteiger partial charge in [0.15, 0.2) is 0 Å². The van der Waals surface area contributed by atoms with Crippen molar-refractivity contribution < 1.29 is 19.5 Å². The van der Waals surface area contributed by atoms with Crippen molar-refractivity contribution in [2.24, 2.45) is 16.8 Å². The number of carboxylic acids is 1. The number of hydrogen-bond donors (Lipinski definition) is 4. The van der Waals surface area contributed by atoms with Crippen LogP contribution in [0, 0.1) is 5.92 Å². The molecule has 2 amide bonds. The summed E-state index contributed by atoms with van der Waals surface area (Å²) in [6, 6.07) is 5.78. The maximum absolute atomic E-state index is 11.8. The van der Waals surface area contributed by atoms with Crippen molar-refractivity contribution in [1.82, 2.24) is 5.43 Å². The van der Waals surface area contributed by atoms with E-state index >= 15 is 0 Å². The van der Waals surface area contributed by atoms with Crippen LogP contribution in [-0.4, -0.2) is 34.6 Å². The number of anilines is 1. The Hall–Kier alpha value is -2.74. The monoisotopic (exact) mass is 318 g/mol. The number of aliphatic carboxylic acids is 1. The molecule has 1 aliphatic rings. The third-order valence-electron chi connectivity index (χ3n) is 3.44. The van der Waals surface area contributed by atoms with Crippen LogP contribution >= 0.6 is 0 Å². The van der Waals surface area contributed by atoms with E-state index in [2.05, 4.69) is 15.8 Å². The molecule has 122 valence electrons. The first-order chi connectivity index (χ1) is 10.9. The van der Waals surface area contributed by atoms with Crippen LogP contribution in [0.3, 0.4) is 0 Å². The van der Waals surface area contributed by atoms with Crippen molar-refractivity contribution >= 4 is 29.2 Å². The van der Waals surface area contributed by atoms with E-state index in [0.717, 1.165) is 11.3 Å². The summed E-state index contributed by atoms with van der Waals surface area (Å²) < 4.78 is 0. The fourth-order valence-electron chi connectivity index (χ4n) is 2.24. The van der Waals surface area contributed by atoms with Gasteiger partial charge in [-0.1, -0.05) is 19.1 Å². The van der Waals surface area contributed by atoms with Gasteiger partial charge in [0.1, 0.15) is 0 Å². The first kappa shape index (κ1) is 16.6. The Labute approximate surface area is 132 Å². The van der Waals surface area contributed by atoms with Crippen LogP contribution < -0.4 is 16.5 Å². The summed E-state index contributed by atoms with van der Waals surface area (Å²) in [6.07, 6.45) is -0.0563. The average Bonchev–Trinajstić information content (AvgIpc) is 2.47. The topological polar surface area (TPSA) is 134 Å². The molecular formula is C15H18N4O4. The fraction of sp³-hybridized carbons (Fsp3) is 0.333. The molecule has 0 bridgehead atoms. The number of benzene rings is 1. The largest absolute Gasteiger partial charge is 0.481 e. The maximum Gasteiger partial charge on any atom is 0.305 e. The van der Waals surface area contributed by atoms with Gasteiger partial charge in [0.25, 0.3) is 0 Å². The van der Waals surface area contributed by atoms with Gasteiger partial charge < -0.3 is 16.2 Å². The van der Waals surface area contributed by atoms with Gasteiger partial charge in [-0.15, -0.1) is 0 Å². The molecule has 2 rings (SSSR count). The van der Waals surface area contributed by atoms with Gasteiger partial charge >= 0.3 is 5.97 Å². The molecule has 1 unspecified atom stereocenters. The lowest BCUT2D eigenvalue weighted by molar-refractivity contribution is -0.138. The Morgan fingerprint density at radius 1 is 1.43 bits per heavy atom. The first-order valence-electron chi connectivity index (χ1n) is 7.12. The molecule has 0 saturated heterocycles. The Bertz CT molecular complexity index is 654. The minimum Gasteiger partial charge on any atom is -0.481 e. The maximum atomic E-state index is 11.8. The molecule has 23 heavy (non-hydrogen) atoms. The minimum absolute atomic E-state index is 0.00757. The lowest BCUT2D eigenvalue weighted by Gasteiger charge is -2.19. The van der Waals surface area contributed by atoms with Gasteiger partial charge in [-0.2, -0.15) is 5.10 Å². The van der Waals surface area contributed by atoms with E-state index in [9.17, 15) is 14.4 Å². The summed E-state index contributed by atoms with van der Waals surface area (Å²) in [5, 5.41) is 15.2. The van der Waals surface area contributed by atoms with E-state index in [1.165, 1.54) is 0 Å². The van der Waals surface area contributed by atoms with Crippen molar-refractivity contribution in [2.75, 3.05) is 5.32 Å². The second-order valence-corrected chi connectivity index (χ2v) is 5.41. The standard InChI is InChI=1S/C15H18N4O4/c1-8-6-12(20)18-19-14(8)9-2-4-10(5-3-9)17-15(23)11(16)7-13(21)22/h2-5,8,11H,6-7,16H2,1H3,(H,17,23)(H,18,20)(H,21,22)/t8?,11-/m0/s1. The quantitative estimate of drug-likeness (QED) is 0.619. The van der Waals surface area contributed by atoms with Crippen LogP contribution in [0.2, 0.25) is 0 Å². The second-order valence-electron chi connectivity index (χ2n) is 5.41. The first-order valence-corrected chi connectivity index (χ1v) is 7.12. The van der Waals surface area contributed by atoms with E-state index in [1.54, 1.807) is 24.3 Å². The molecule has 1 heterocycles. The smallest absolute Gasteiger partial charge is 0.305 e. The molecule has 8 nitrogen and oxygen atoms in total. The minimum atomic E-state index is -1.13. The molecular weight excluding hydrogens is 300 g/mol. The summed E-state index contributed by atoms with van der Waals surface area (Å²) in [4.78, 5) is 33.5. The number of amides is 2. The SMILES string of the molecule is CC1CC(=O)NN=C1c1ccc(NC(=O)[C@@H](N)CC(=O)O)cc1. The summed E-state index contributed by atoms with van der Waals surface area (Å²) in [5.74, 6) is -1.80. The zero-order chi connectivity index (χ0) is 17.0. The van der Waals surface area contributed by atoms with Crippen LogP contribution in [0.5, 0.6) is 0 Å². The molecule has 0 radical (unpaired) electrons. The number of carbonyl (C=O) groups excluding carboxylic acids is 2. The molecule has 8 heteroatoms. The lowest BCUT2D eigenvalue weighted by atomic mass is 9.94. The Morgan fingerprint density at radius 2 is 2.09 bits per heavy atom. The summed E-state index contributed by atoms with van der Waals surface area (Å²) in [5.41, 5.74) is 10.1. The van der Waals surface area contributed by atoms with Crippen molar-refractivity contribution in [2.45, 2.75) is 25.8 Å². The zero-order valence-electron chi connectivity index (χ0n) is 12.6. The molecule has 2 atom stereocenters. The van der Waals surface area contributed by atoms with Crippen molar-refractivity contribution in [3.63, 3.8) is 0 Å². The molecule has 0 aliphatic carbocycles. The fourth-order valence-corrected chi connectivity index (χ4v) is 2.24. The number of nitrogens with zero attached hydrogens (tertiary/aromatic N) is 1. The molecule has 5 N–H and O–H groups in total. The number of hydrazone groups is 1. The number of carbonyl (C=O) groups is 3. The number of nitrogens with two attached hydrogens (primary N) is 1. The van der Waals surface area contributed by atoms with Gasteiger partial charge in [-0.3, -0.25) is 14.4 Å². The highest BCUT2D eigenvalue weighted by Crippen LogP contribution is 2.18. The number of rotatable bonds is 5. The second kappa shape index (κ2) is 7.01. The number of nitrogens with one attached hydrogen (secondary N) is 2. The highest BCUT2D eigenvalue weighted by atomic mass is 16.4. The molecule has 0 spiro atoms. The highest BCUT2D eigenvalue weighted by Gasteiger charge is 2.21. The van der Waals surface area contributed by atoms with Crippen LogP contribution in [0.15, 0.2) is 29.4 Å². The summed E-state index contributed by atoms with van der Waals surface area (Å²) in [7, 11) is 0. The normalized spacial score (nSPS) is 18.6. The van der Waals surface area contributed by atoms with Gasteiger partial charge in [-0.25, -0.2) is 5.43 Å². The Morgan fingerprint density at radius 3 is 2.65 bits per heavy atom. The molecule has 1 aromatic carbocycles. The molecule has 1 aromatic rings. The predicted octanol–water partition coefficient (Wildman–Crippen LogP) is 0.287. The van der Waals surface area contributed by atoms with E-state index in [4.69, 9.17) is 10.8 Å². The van der Waals surface area contributed by atoms with Crippen molar-refractivity contribution in [3.8, 4) is 0 Å². The van der Waals surface area contributed by atoms with Crippen LogP contribution in [0.4, 0.5) is 5.69 Å². The zero-order valence-corrected chi connectivity index (χ0v) is 12.6. The highest BCUT2D eigenvalue weighted by molar-refractivity contribution is 6.06. The third-order valence-corrected chi connectivity index (χ3v) is 3.44. The summed E-state index contributed by atoms with van der Waals surface area (Å²) >= 11 is 0. The van der Waals surface area contributed by atoms with Gasteiger partial charge in [0.05, 0.1) is 18.2 Å². The van der Waals surface area contributed by atoms with E-state index in [-0.39, 0.29) is 11.8 Å². The number of carboxylic acid groups (broad SMARTS) is 1. The van der Waals surface area contributed by atoms with Gasteiger partial charge in [0.2, 0.25) is 11.8 Å². The Kier molecular flexibility index (Phi) is 5.07. The summed E-state index contributed by atoms with van der Waals surface area (Å²) in [6.45, 7) is 1.91. The van der Waals surface area contributed by atoms with E-state index in [0.29, 0.717) is 12.1 Å². The predicted molar refractivity (Wildman–Crippen MR) is 83.8 cm³/mol. The van der Waals surface area contributed by atoms with E-state index in [1.807, 2.05) is 6.92 Å². The molecule has 0 aromatic heterocycles.